The highest BCUT2D eigenvalue weighted by Crippen LogP contribution is 2.15. The molecule has 0 radical (unpaired) electrons. The van der Waals surface area contributed by atoms with Gasteiger partial charge in [0.25, 0.3) is 0 Å². The summed E-state index contributed by atoms with van der Waals surface area (Å²) in [4.78, 5) is 23.2. The first-order chi connectivity index (χ1) is 12.8. The maximum atomic E-state index is 12.3. The number of aromatic nitrogens is 1. The van der Waals surface area contributed by atoms with Gasteiger partial charge in [-0.25, -0.2) is 9.79 Å². The fourth-order valence-electron chi connectivity index (χ4n) is 2.94. The predicted molar refractivity (Wildman–Crippen MR) is 108 cm³/mol. The first kappa shape index (κ1) is 21.0. The number of nitrogens with zero attached hydrogens (tertiary/aromatic N) is 3. The van der Waals surface area contributed by atoms with Crippen LogP contribution < -0.4 is 10.6 Å². The molecule has 1 saturated heterocycles. The zero-order valence-corrected chi connectivity index (χ0v) is 17.2. The van der Waals surface area contributed by atoms with Crippen LogP contribution >= 0.6 is 0 Å². The van der Waals surface area contributed by atoms with Crippen molar-refractivity contribution < 1.29 is 9.53 Å². The number of nitrogens with one attached hydrogen (secondary N) is 2. The van der Waals surface area contributed by atoms with Crippen LogP contribution in [0.4, 0.5) is 4.79 Å². The molecule has 27 heavy (non-hydrogen) atoms. The summed E-state index contributed by atoms with van der Waals surface area (Å²) in [7, 11) is 0. The molecule has 0 spiro atoms. The van der Waals surface area contributed by atoms with Crippen LogP contribution in [-0.4, -0.2) is 53.2 Å². The minimum Gasteiger partial charge on any atom is -0.444 e. The second-order valence-electron chi connectivity index (χ2n) is 7.87. The van der Waals surface area contributed by atoms with E-state index in [2.05, 4.69) is 20.6 Å². The van der Waals surface area contributed by atoms with E-state index in [4.69, 9.17) is 4.74 Å². The van der Waals surface area contributed by atoms with Crippen molar-refractivity contribution in [1.82, 2.24) is 20.5 Å². The number of pyridine rings is 1. The number of likely N-dealkylation sites (tertiary alicyclic amines) is 1. The minimum atomic E-state index is -0.478. The smallest absolute Gasteiger partial charge is 0.410 e. The van der Waals surface area contributed by atoms with Gasteiger partial charge in [0.05, 0.1) is 12.2 Å². The van der Waals surface area contributed by atoms with Crippen molar-refractivity contribution in [3.63, 3.8) is 0 Å². The average Bonchev–Trinajstić information content (AvgIpc) is 2.60. The molecule has 150 valence electrons. The molecule has 7 nitrogen and oxygen atoms in total. The molecule has 0 bridgehead atoms. The van der Waals surface area contributed by atoms with Gasteiger partial charge in [0.1, 0.15) is 5.60 Å². The molecule has 1 aliphatic rings. The lowest BCUT2D eigenvalue weighted by Gasteiger charge is -2.35. The molecule has 7 heteroatoms. The normalized spacial score (nSPS) is 18.2. The number of carbonyl (C=O) groups is 1. The molecule has 1 aliphatic heterocycles. The molecular weight excluding hydrogens is 342 g/mol. The van der Waals surface area contributed by atoms with E-state index in [0.717, 1.165) is 43.1 Å². The maximum absolute atomic E-state index is 12.3. The van der Waals surface area contributed by atoms with Crippen LogP contribution in [0.2, 0.25) is 0 Å². The Labute approximate surface area is 162 Å². The number of guanidine groups is 1. The molecule has 2 rings (SSSR count). The van der Waals surface area contributed by atoms with E-state index in [1.807, 2.05) is 46.8 Å². The number of hydrogen-bond acceptors (Lipinski definition) is 4. The first-order valence-electron chi connectivity index (χ1n) is 9.71. The third kappa shape index (κ3) is 7.07. The van der Waals surface area contributed by atoms with Gasteiger partial charge in [0, 0.05) is 31.9 Å². The summed E-state index contributed by atoms with van der Waals surface area (Å²) in [6.45, 7) is 12.4. The van der Waals surface area contributed by atoms with E-state index in [9.17, 15) is 4.79 Å². The van der Waals surface area contributed by atoms with Gasteiger partial charge in [0.15, 0.2) is 5.96 Å². The lowest BCUT2D eigenvalue weighted by Crippen LogP contribution is -2.53. The summed E-state index contributed by atoms with van der Waals surface area (Å²) in [6, 6.07) is 4.12. The summed E-state index contributed by atoms with van der Waals surface area (Å²) in [6.07, 6.45) is 3.47. The molecule has 1 amide bonds. The summed E-state index contributed by atoms with van der Waals surface area (Å²) < 4.78 is 5.50. The van der Waals surface area contributed by atoms with Crippen molar-refractivity contribution in [1.29, 1.82) is 0 Å². The fraction of sp³-hybridized carbons (Fsp3) is 0.650. The van der Waals surface area contributed by atoms with E-state index < -0.39 is 5.60 Å². The van der Waals surface area contributed by atoms with Crippen LogP contribution in [0.15, 0.2) is 23.3 Å². The number of ether oxygens (including phenoxy) is 1. The van der Waals surface area contributed by atoms with Gasteiger partial charge in [-0.2, -0.15) is 0 Å². The van der Waals surface area contributed by atoms with Crippen LogP contribution in [0.3, 0.4) is 0 Å². The highest BCUT2D eigenvalue weighted by Gasteiger charge is 2.28. The molecule has 2 heterocycles. The van der Waals surface area contributed by atoms with Crippen molar-refractivity contribution in [3.05, 3.63) is 29.6 Å². The van der Waals surface area contributed by atoms with Crippen molar-refractivity contribution >= 4 is 12.1 Å². The second kappa shape index (κ2) is 9.58. The fourth-order valence-corrected chi connectivity index (χ4v) is 2.94. The molecule has 0 aliphatic carbocycles. The van der Waals surface area contributed by atoms with Crippen LogP contribution in [0, 0.1) is 6.92 Å². The predicted octanol–water partition coefficient (Wildman–Crippen LogP) is 2.84. The molecule has 1 aromatic rings. The zero-order chi connectivity index (χ0) is 19.9. The average molecular weight is 376 g/mol. The lowest BCUT2D eigenvalue weighted by atomic mass is 10.1. The SMILES string of the molecule is CCNC(=NCc1ncccc1C)NC1CCCN(C(=O)OC(C)(C)C)C1. The topological polar surface area (TPSA) is 78.9 Å². The van der Waals surface area contributed by atoms with Gasteiger partial charge in [-0.05, 0) is 59.1 Å². The highest BCUT2D eigenvalue weighted by atomic mass is 16.6. The Balaban J connectivity index is 1.97. The molecule has 0 aromatic carbocycles. The molecule has 2 N–H and O–H groups in total. The molecule has 1 unspecified atom stereocenters. The van der Waals surface area contributed by atoms with Crippen molar-refractivity contribution in [2.24, 2.45) is 4.99 Å². The Bertz CT molecular complexity index is 654. The van der Waals surface area contributed by atoms with E-state index in [-0.39, 0.29) is 12.1 Å². The Hall–Kier alpha value is -2.31. The molecule has 1 atom stereocenters. The third-order valence-corrected chi connectivity index (χ3v) is 4.26. The van der Waals surface area contributed by atoms with Gasteiger partial charge in [-0.1, -0.05) is 6.07 Å². The summed E-state index contributed by atoms with van der Waals surface area (Å²) in [5.41, 5.74) is 1.62. The van der Waals surface area contributed by atoms with Gasteiger partial charge >= 0.3 is 6.09 Å². The van der Waals surface area contributed by atoms with E-state index in [1.165, 1.54) is 0 Å². The highest BCUT2D eigenvalue weighted by molar-refractivity contribution is 5.80. The summed E-state index contributed by atoms with van der Waals surface area (Å²) >= 11 is 0. The third-order valence-electron chi connectivity index (χ3n) is 4.26. The first-order valence-corrected chi connectivity index (χ1v) is 9.71. The van der Waals surface area contributed by atoms with E-state index in [0.29, 0.717) is 13.1 Å². The monoisotopic (exact) mass is 375 g/mol. The zero-order valence-electron chi connectivity index (χ0n) is 17.2. The number of carbonyl (C=O) groups excluding carboxylic acids is 1. The number of hydrogen-bond donors (Lipinski definition) is 2. The Morgan fingerprint density at radius 1 is 1.44 bits per heavy atom. The Morgan fingerprint density at radius 2 is 2.22 bits per heavy atom. The summed E-state index contributed by atoms with van der Waals surface area (Å²) in [5, 5.41) is 6.73. The number of aliphatic imine (C=N–C) groups is 1. The van der Waals surface area contributed by atoms with Crippen molar-refractivity contribution in [3.8, 4) is 0 Å². The molecule has 1 aromatic heterocycles. The van der Waals surface area contributed by atoms with Gasteiger partial charge in [-0.15, -0.1) is 0 Å². The Kier molecular flexibility index (Phi) is 7.45. The molecule has 1 fully saturated rings. The lowest BCUT2D eigenvalue weighted by molar-refractivity contribution is 0.0193. The minimum absolute atomic E-state index is 0.147. The number of amides is 1. The second-order valence-corrected chi connectivity index (χ2v) is 7.87. The van der Waals surface area contributed by atoms with Crippen LogP contribution in [0.25, 0.3) is 0 Å². The standard InChI is InChI=1S/C20H33N5O2/c1-6-21-18(23-13-17-15(2)9-7-11-22-17)24-16-10-8-12-25(14-16)19(26)27-20(3,4)5/h7,9,11,16H,6,8,10,12-14H2,1-5H3,(H2,21,23,24). The Morgan fingerprint density at radius 3 is 2.89 bits per heavy atom. The van der Waals surface area contributed by atoms with Gasteiger partial charge in [-0.3, -0.25) is 4.98 Å². The van der Waals surface area contributed by atoms with E-state index in [1.54, 1.807) is 11.1 Å². The summed E-state index contributed by atoms with van der Waals surface area (Å²) in [5.74, 6) is 0.749. The quantitative estimate of drug-likeness (QED) is 0.625. The van der Waals surface area contributed by atoms with E-state index >= 15 is 0 Å². The number of rotatable bonds is 4. The van der Waals surface area contributed by atoms with Gasteiger partial charge in [0.2, 0.25) is 0 Å². The van der Waals surface area contributed by atoms with Crippen molar-refractivity contribution in [2.45, 2.75) is 65.6 Å². The van der Waals surface area contributed by atoms with Gasteiger partial charge < -0.3 is 20.3 Å². The van der Waals surface area contributed by atoms with Crippen LogP contribution in [0.1, 0.15) is 51.8 Å². The molecular formula is C20H33N5O2. The van der Waals surface area contributed by atoms with Crippen molar-refractivity contribution in [2.75, 3.05) is 19.6 Å². The molecule has 0 saturated carbocycles. The largest absolute Gasteiger partial charge is 0.444 e. The number of aryl methyl sites for hydroxylation is 1. The van der Waals surface area contributed by atoms with Crippen LogP contribution in [0.5, 0.6) is 0 Å². The number of piperidine rings is 1. The van der Waals surface area contributed by atoms with Crippen LogP contribution in [-0.2, 0) is 11.3 Å². The maximum Gasteiger partial charge on any atom is 0.410 e.